The molecule has 0 aliphatic heterocycles. The minimum Gasteiger partial charge on any atom is -0.490 e. The molecule has 30 heavy (non-hydrogen) atoms. The van der Waals surface area contributed by atoms with Crippen molar-refractivity contribution in [2.45, 2.75) is 20.0 Å². The fraction of sp³-hybridized carbons (Fsp3) is 0.250. The van der Waals surface area contributed by atoms with Crippen molar-refractivity contribution in [3.8, 4) is 17.6 Å². The number of carbonyl (C=O) groups is 1. The molecule has 0 unspecified atom stereocenters. The van der Waals surface area contributed by atoms with E-state index in [4.69, 9.17) is 9.47 Å². The average Bonchev–Trinajstić information content (AvgIpc) is 2.71. The zero-order valence-corrected chi connectivity index (χ0v) is 17.4. The fourth-order valence-corrected chi connectivity index (χ4v) is 2.83. The van der Waals surface area contributed by atoms with Crippen molar-refractivity contribution in [1.82, 2.24) is 4.90 Å². The number of carbonyl (C=O) groups excluding carboxylic acids is 1. The molecule has 0 bridgehead atoms. The van der Waals surface area contributed by atoms with Crippen LogP contribution in [-0.2, 0) is 17.8 Å². The van der Waals surface area contributed by atoms with E-state index in [0.29, 0.717) is 35.7 Å². The summed E-state index contributed by atoms with van der Waals surface area (Å²) in [6.45, 7) is 6.20. The number of hydrogen-bond donors (Lipinski definition) is 0. The highest BCUT2D eigenvalue weighted by Crippen LogP contribution is 2.35. The number of likely N-dealkylation sites (N-methyl/N-ethyl adjacent to an activating group) is 1. The highest BCUT2D eigenvalue weighted by molar-refractivity contribution is 6.01. The smallest absolute Gasteiger partial charge is 0.264 e. The molecule has 0 aromatic heterocycles. The standard InChI is InChI=1S/C24H25FN2O3/c1-5-8-19-11-18(12-20(15-26)24(28)27(3)4)14-22(29-6-2)23(19)30-16-17-9-7-10-21(25)13-17/h5,7,9-14H,1,6,8,16H2,2-4H3/b20-12-. The number of benzene rings is 2. The van der Waals surface area contributed by atoms with Crippen molar-refractivity contribution in [1.29, 1.82) is 5.26 Å². The Morgan fingerprint density at radius 1 is 1.27 bits per heavy atom. The summed E-state index contributed by atoms with van der Waals surface area (Å²) in [5, 5.41) is 9.37. The second kappa shape index (κ2) is 10.8. The molecule has 0 aliphatic carbocycles. The maximum absolute atomic E-state index is 13.5. The van der Waals surface area contributed by atoms with Crippen LogP contribution in [0.15, 0.2) is 54.6 Å². The molecule has 1 amide bonds. The first kappa shape index (κ1) is 22.7. The van der Waals surface area contributed by atoms with Gasteiger partial charge in [0.15, 0.2) is 11.5 Å². The van der Waals surface area contributed by atoms with Crippen LogP contribution in [0.5, 0.6) is 11.5 Å². The number of rotatable bonds is 9. The first-order valence-electron chi connectivity index (χ1n) is 9.50. The SMILES string of the molecule is C=CCc1cc(/C=C(/C#N)C(=O)N(C)C)cc(OCC)c1OCc1cccc(F)c1. The van der Waals surface area contributed by atoms with E-state index >= 15 is 0 Å². The van der Waals surface area contributed by atoms with Crippen LogP contribution < -0.4 is 9.47 Å². The van der Waals surface area contributed by atoms with Gasteiger partial charge in [0, 0.05) is 19.7 Å². The first-order valence-corrected chi connectivity index (χ1v) is 9.50. The van der Waals surface area contributed by atoms with Crippen LogP contribution in [0.3, 0.4) is 0 Å². The molecule has 2 aromatic rings. The van der Waals surface area contributed by atoms with Gasteiger partial charge >= 0.3 is 0 Å². The van der Waals surface area contributed by atoms with Gasteiger partial charge in [-0.15, -0.1) is 6.58 Å². The molecule has 156 valence electrons. The van der Waals surface area contributed by atoms with Gasteiger partial charge in [0.2, 0.25) is 0 Å². The van der Waals surface area contributed by atoms with Gasteiger partial charge in [-0.3, -0.25) is 4.79 Å². The minimum absolute atomic E-state index is 0.0143. The van der Waals surface area contributed by atoms with Gasteiger partial charge in [-0.1, -0.05) is 18.2 Å². The Balaban J connectivity index is 2.47. The Morgan fingerprint density at radius 3 is 2.63 bits per heavy atom. The molecule has 0 spiro atoms. The fourth-order valence-electron chi connectivity index (χ4n) is 2.83. The Hall–Kier alpha value is -3.59. The molecule has 0 aliphatic rings. The van der Waals surface area contributed by atoms with Crippen molar-refractivity contribution in [3.63, 3.8) is 0 Å². The van der Waals surface area contributed by atoms with E-state index in [0.717, 1.165) is 5.56 Å². The molecule has 2 aromatic carbocycles. The van der Waals surface area contributed by atoms with Gasteiger partial charge in [0.25, 0.3) is 5.91 Å². The van der Waals surface area contributed by atoms with Gasteiger partial charge in [0.1, 0.15) is 24.1 Å². The Bertz CT molecular complexity index is 990. The van der Waals surface area contributed by atoms with Crippen LogP contribution in [0.4, 0.5) is 4.39 Å². The summed E-state index contributed by atoms with van der Waals surface area (Å²) in [5.74, 6) is 0.291. The molecule has 5 nitrogen and oxygen atoms in total. The Morgan fingerprint density at radius 2 is 2.03 bits per heavy atom. The van der Waals surface area contributed by atoms with Gasteiger partial charge in [-0.05, 0) is 54.8 Å². The van der Waals surface area contributed by atoms with E-state index in [1.165, 1.54) is 23.1 Å². The number of halogens is 1. The van der Waals surface area contributed by atoms with E-state index in [9.17, 15) is 14.4 Å². The van der Waals surface area contributed by atoms with Crippen LogP contribution in [0.25, 0.3) is 6.08 Å². The topological polar surface area (TPSA) is 62.6 Å². The van der Waals surface area contributed by atoms with Gasteiger partial charge in [-0.2, -0.15) is 5.26 Å². The summed E-state index contributed by atoms with van der Waals surface area (Å²) in [6, 6.07) is 11.7. The predicted octanol–water partition coefficient (Wildman–Crippen LogP) is 4.53. The van der Waals surface area contributed by atoms with Crippen LogP contribution >= 0.6 is 0 Å². The molecule has 0 N–H and O–H groups in total. The summed E-state index contributed by atoms with van der Waals surface area (Å²) >= 11 is 0. The maximum Gasteiger partial charge on any atom is 0.264 e. The number of nitriles is 1. The van der Waals surface area contributed by atoms with E-state index < -0.39 is 0 Å². The van der Waals surface area contributed by atoms with Crippen LogP contribution in [0.2, 0.25) is 0 Å². The average molecular weight is 408 g/mol. The van der Waals surface area contributed by atoms with E-state index in [1.807, 2.05) is 19.1 Å². The molecule has 0 atom stereocenters. The van der Waals surface area contributed by atoms with Crippen molar-refractivity contribution in [3.05, 3.63) is 77.1 Å². The molecule has 0 fully saturated rings. The summed E-state index contributed by atoms with van der Waals surface area (Å²) in [7, 11) is 3.18. The minimum atomic E-state index is -0.382. The molecular formula is C24H25FN2O3. The monoisotopic (exact) mass is 408 g/mol. The van der Waals surface area contributed by atoms with Crippen molar-refractivity contribution >= 4 is 12.0 Å². The lowest BCUT2D eigenvalue weighted by atomic mass is 10.0. The molecular weight excluding hydrogens is 383 g/mol. The molecule has 6 heteroatoms. The molecule has 0 saturated carbocycles. The summed E-state index contributed by atoms with van der Waals surface area (Å²) in [4.78, 5) is 13.5. The van der Waals surface area contributed by atoms with E-state index in [1.54, 1.807) is 38.4 Å². The maximum atomic E-state index is 13.5. The molecule has 2 rings (SSSR count). The molecule has 0 heterocycles. The lowest BCUT2D eigenvalue weighted by Gasteiger charge is -2.17. The number of hydrogen-bond acceptors (Lipinski definition) is 4. The number of ether oxygens (including phenoxy) is 2. The van der Waals surface area contributed by atoms with E-state index in [-0.39, 0.29) is 23.9 Å². The quantitative estimate of drug-likeness (QED) is 0.348. The number of nitrogens with zero attached hydrogens (tertiary/aromatic N) is 2. The van der Waals surface area contributed by atoms with Crippen LogP contribution in [0.1, 0.15) is 23.6 Å². The summed E-state index contributed by atoms with van der Waals surface area (Å²) < 4.78 is 25.2. The third-order valence-corrected chi connectivity index (χ3v) is 4.16. The highest BCUT2D eigenvalue weighted by Gasteiger charge is 2.16. The van der Waals surface area contributed by atoms with Crippen molar-refractivity contribution < 1.29 is 18.7 Å². The second-order valence-electron chi connectivity index (χ2n) is 6.72. The van der Waals surface area contributed by atoms with Gasteiger partial charge in [0.05, 0.1) is 6.61 Å². The van der Waals surface area contributed by atoms with Gasteiger partial charge in [-0.25, -0.2) is 4.39 Å². The zero-order chi connectivity index (χ0) is 22.1. The highest BCUT2D eigenvalue weighted by atomic mass is 19.1. The van der Waals surface area contributed by atoms with Crippen LogP contribution in [0, 0.1) is 17.1 Å². The largest absolute Gasteiger partial charge is 0.490 e. The molecule has 0 radical (unpaired) electrons. The third-order valence-electron chi connectivity index (χ3n) is 4.16. The lowest BCUT2D eigenvalue weighted by Crippen LogP contribution is -2.22. The third kappa shape index (κ3) is 5.95. The summed E-state index contributed by atoms with van der Waals surface area (Å²) in [5.41, 5.74) is 2.13. The van der Waals surface area contributed by atoms with Crippen LogP contribution in [-0.4, -0.2) is 31.5 Å². The van der Waals surface area contributed by atoms with Crippen molar-refractivity contribution in [2.24, 2.45) is 0 Å². The summed E-state index contributed by atoms with van der Waals surface area (Å²) in [6.07, 6.45) is 3.74. The lowest BCUT2D eigenvalue weighted by molar-refractivity contribution is -0.124. The Kier molecular flexibility index (Phi) is 8.18. The van der Waals surface area contributed by atoms with Crippen molar-refractivity contribution in [2.75, 3.05) is 20.7 Å². The molecule has 0 saturated heterocycles. The second-order valence-corrected chi connectivity index (χ2v) is 6.72. The number of allylic oxidation sites excluding steroid dienone is 1. The predicted molar refractivity (Wildman–Crippen MR) is 115 cm³/mol. The first-order chi connectivity index (χ1) is 14.4. The van der Waals surface area contributed by atoms with Gasteiger partial charge < -0.3 is 14.4 Å². The number of amides is 1. The normalized spacial score (nSPS) is 10.8. The Labute approximate surface area is 176 Å². The van der Waals surface area contributed by atoms with E-state index in [2.05, 4.69) is 6.58 Å². The zero-order valence-electron chi connectivity index (χ0n) is 17.4.